The summed E-state index contributed by atoms with van der Waals surface area (Å²) in [6, 6.07) is 4.27. The molecule has 0 bridgehead atoms. The Labute approximate surface area is 94.4 Å². The summed E-state index contributed by atoms with van der Waals surface area (Å²) >= 11 is 0. The molecule has 16 heavy (non-hydrogen) atoms. The van der Waals surface area contributed by atoms with E-state index in [2.05, 4.69) is 32.0 Å². The summed E-state index contributed by atoms with van der Waals surface area (Å²) in [5, 5.41) is 0. The fourth-order valence-electron chi connectivity index (χ4n) is 2.13. The second-order valence-corrected chi connectivity index (χ2v) is 4.18. The molecule has 4 heteroatoms. The van der Waals surface area contributed by atoms with Crippen molar-refractivity contribution in [2.24, 2.45) is 0 Å². The highest BCUT2D eigenvalue weighted by Gasteiger charge is 2.20. The third-order valence-corrected chi connectivity index (χ3v) is 2.96. The van der Waals surface area contributed by atoms with Crippen LogP contribution in [-0.4, -0.2) is 21.5 Å². The summed E-state index contributed by atoms with van der Waals surface area (Å²) in [6.45, 7) is 3.95. The van der Waals surface area contributed by atoms with E-state index in [4.69, 9.17) is 0 Å². The van der Waals surface area contributed by atoms with Gasteiger partial charge in [-0.25, -0.2) is 9.97 Å². The van der Waals surface area contributed by atoms with Crippen molar-refractivity contribution in [2.45, 2.75) is 19.9 Å². The largest absolute Gasteiger partial charge is 0.350 e. The van der Waals surface area contributed by atoms with E-state index in [0.29, 0.717) is 0 Å². The molecule has 3 rings (SSSR count). The van der Waals surface area contributed by atoms with Crippen LogP contribution in [0.5, 0.6) is 0 Å². The smallest absolute Gasteiger partial charge is 0.132 e. The van der Waals surface area contributed by atoms with Gasteiger partial charge in [0.2, 0.25) is 0 Å². The van der Waals surface area contributed by atoms with Gasteiger partial charge in [0.25, 0.3) is 0 Å². The Bertz CT molecular complexity index is 490. The van der Waals surface area contributed by atoms with Crippen LogP contribution in [0.3, 0.4) is 0 Å². The second kappa shape index (κ2) is 3.63. The lowest BCUT2D eigenvalue weighted by molar-refractivity contribution is 0.808. The number of nitrogens with zero attached hydrogens (tertiary/aromatic N) is 3. The third-order valence-electron chi connectivity index (χ3n) is 2.96. The summed E-state index contributed by atoms with van der Waals surface area (Å²) in [6.07, 6.45) is 4.68. The van der Waals surface area contributed by atoms with E-state index in [0.717, 1.165) is 36.7 Å². The third kappa shape index (κ3) is 1.56. The molecule has 0 aromatic carbocycles. The Hall–Kier alpha value is -1.84. The second-order valence-electron chi connectivity index (χ2n) is 4.18. The Morgan fingerprint density at radius 1 is 1.44 bits per heavy atom. The van der Waals surface area contributed by atoms with Gasteiger partial charge in [0, 0.05) is 18.4 Å². The van der Waals surface area contributed by atoms with E-state index < -0.39 is 0 Å². The van der Waals surface area contributed by atoms with Gasteiger partial charge >= 0.3 is 0 Å². The molecule has 0 saturated carbocycles. The number of hydrogen-bond donors (Lipinski definition) is 1. The molecule has 82 valence electrons. The van der Waals surface area contributed by atoms with Crippen molar-refractivity contribution in [3.8, 4) is 0 Å². The van der Waals surface area contributed by atoms with E-state index in [-0.39, 0.29) is 0 Å². The number of aromatic nitrogens is 3. The van der Waals surface area contributed by atoms with Gasteiger partial charge in [-0.3, -0.25) is 0 Å². The van der Waals surface area contributed by atoms with E-state index in [1.54, 1.807) is 6.33 Å². The zero-order chi connectivity index (χ0) is 11.0. The van der Waals surface area contributed by atoms with Crippen LogP contribution >= 0.6 is 0 Å². The van der Waals surface area contributed by atoms with Crippen LogP contribution in [0.2, 0.25) is 0 Å². The number of aromatic amines is 1. The maximum Gasteiger partial charge on any atom is 0.132 e. The molecule has 0 amide bonds. The monoisotopic (exact) mass is 214 g/mol. The zero-order valence-electron chi connectivity index (χ0n) is 9.27. The summed E-state index contributed by atoms with van der Waals surface area (Å²) in [5.41, 5.74) is 3.57. The van der Waals surface area contributed by atoms with Crippen LogP contribution in [0.25, 0.3) is 0 Å². The van der Waals surface area contributed by atoms with Crippen molar-refractivity contribution >= 4 is 5.82 Å². The molecular formula is C12H14N4. The standard InChI is InChI=1S/C12H14N4/c1-9-2-3-10-4-5-16(12(10)15-9)7-11-6-13-8-14-11/h2-3,6,8H,4-5,7H2,1H3,(H,13,14). The number of anilines is 1. The van der Waals surface area contributed by atoms with Crippen molar-refractivity contribution in [1.29, 1.82) is 0 Å². The van der Waals surface area contributed by atoms with Gasteiger partial charge in [0.1, 0.15) is 5.82 Å². The lowest BCUT2D eigenvalue weighted by Crippen LogP contribution is -2.20. The average molecular weight is 214 g/mol. The zero-order valence-corrected chi connectivity index (χ0v) is 9.27. The molecule has 0 saturated heterocycles. The van der Waals surface area contributed by atoms with Gasteiger partial charge in [0.05, 0.1) is 18.6 Å². The summed E-state index contributed by atoms with van der Waals surface area (Å²) in [5.74, 6) is 1.13. The maximum absolute atomic E-state index is 4.61. The summed E-state index contributed by atoms with van der Waals surface area (Å²) < 4.78 is 0. The SMILES string of the molecule is Cc1ccc2c(n1)N(Cc1cnc[nH]1)CC2. The molecule has 1 N–H and O–H groups in total. The predicted octanol–water partition coefficient (Wildman–Crippen LogP) is 1.68. The van der Waals surface area contributed by atoms with E-state index in [9.17, 15) is 0 Å². The molecule has 0 aliphatic carbocycles. The Morgan fingerprint density at radius 2 is 2.38 bits per heavy atom. The van der Waals surface area contributed by atoms with Crippen molar-refractivity contribution in [1.82, 2.24) is 15.0 Å². The Balaban J connectivity index is 1.88. The van der Waals surface area contributed by atoms with Crippen LogP contribution in [-0.2, 0) is 13.0 Å². The normalized spacial score (nSPS) is 14.2. The van der Waals surface area contributed by atoms with E-state index in [1.165, 1.54) is 5.56 Å². The van der Waals surface area contributed by atoms with Crippen molar-refractivity contribution in [3.05, 3.63) is 41.6 Å². The van der Waals surface area contributed by atoms with Crippen molar-refractivity contribution in [2.75, 3.05) is 11.4 Å². The number of hydrogen-bond acceptors (Lipinski definition) is 3. The first-order chi connectivity index (χ1) is 7.83. The van der Waals surface area contributed by atoms with Crippen molar-refractivity contribution < 1.29 is 0 Å². The van der Waals surface area contributed by atoms with Crippen LogP contribution < -0.4 is 4.90 Å². The molecule has 0 radical (unpaired) electrons. The van der Waals surface area contributed by atoms with Gasteiger partial charge in [-0.15, -0.1) is 0 Å². The Kier molecular flexibility index (Phi) is 2.13. The highest BCUT2D eigenvalue weighted by Crippen LogP contribution is 2.26. The molecule has 1 aliphatic heterocycles. The van der Waals surface area contributed by atoms with Gasteiger partial charge in [0.15, 0.2) is 0 Å². The molecule has 2 aromatic heterocycles. The van der Waals surface area contributed by atoms with E-state index in [1.807, 2.05) is 13.1 Å². The minimum absolute atomic E-state index is 0.865. The van der Waals surface area contributed by atoms with Gasteiger partial charge < -0.3 is 9.88 Å². The van der Waals surface area contributed by atoms with Gasteiger partial charge in [-0.1, -0.05) is 6.07 Å². The number of rotatable bonds is 2. The maximum atomic E-state index is 4.61. The van der Waals surface area contributed by atoms with Crippen LogP contribution in [0.4, 0.5) is 5.82 Å². The molecular weight excluding hydrogens is 200 g/mol. The minimum atomic E-state index is 0.865. The van der Waals surface area contributed by atoms with Crippen LogP contribution in [0, 0.1) is 6.92 Å². The van der Waals surface area contributed by atoms with Crippen molar-refractivity contribution in [3.63, 3.8) is 0 Å². The number of H-pyrrole nitrogens is 1. The Morgan fingerprint density at radius 3 is 3.19 bits per heavy atom. The summed E-state index contributed by atoms with van der Waals surface area (Å²) in [4.78, 5) is 14.1. The number of nitrogens with one attached hydrogen (secondary N) is 1. The highest BCUT2D eigenvalue weighted by atomic mass is 15.2. The predicted molar refractivity (Wildman–Crippen MR) is 62.3 cm³/mol. The first-order valence-corrected chi connectivity index (χ1v) is 5.51. The van der Waals surface area contributed by atoms with Crippen LogP contribution in [0.15, 0.2) is 24.7 Å². The molecule has 2 aromatic rings. The van der Waals surface area contributed by atoms with Gasteiger partial charge in [-0.05, 0) is 25.0 Å². The quantitative estimate of drug-likeness (QED) is 0.827. The molecule has 0 unspecified atom stereocenters. The number of imidazole rings is 1. The fourth-order valence-corrected chi connectivity index (χ4v) is 2.13. The first kappa shape index (κ1) is 9.39. The van der Waals surface area contributed by atoms with E-state index >= 15 is 0 Å². The average Bonchev–Trinajstić information content (AvgIpc) is 2.90. The highest BCUT2D eigenvalue weighted by molar-refractivity contribution is 5.52. The topological polar surface area (TPSA) is 44.8 Å². The molecule has 1 aliphatic rings. The number of aryl methyl sites for hydroxylation is 1. The number of pyridine rings is 1. The molecule has 3 heterocycles. The molecule has 0 fully saturated rings. The molecule has 0 spiro atoms. The lowest BCUT2D eigenvalue weighted by Gasteiger charge is -2.17. The number of fused-ring (bicyclic) bond motifs is 1. The minimum Gasteiger partial charge on any atom is -0.350 e. The fraction of sp³-hybridized carbons (Fsp3) is 0.333. The van der Waals surface area contributed by atoms with Gasteiger partial charge in [-0.2, -0.15) is 0 Å². The summed E-state index contributed by atoms with van der Waals surface area (Å²) in [7, 11) is 0. The van der Waals surface area contributed by atoms with Crippen LogP contribution in [0.1, 0.15) is 17.0 Å². The lowest BCUT2D eigenvalue weighted by atomic mass is 10.2. The first-order valence-electron chi connectivity index (χ1n) is 5.51. The molecule has 4 nitrogen and oxygen atoms in total. The molecule has 0 atom stereocenters.